The first-order chi connectivity index (χ1) is 12.7. The molecule has 134 valence electrons. The molecule has 0 saturated heterocycles. The van der Waals surface area contributed by atoms with Crippen molar-refractivity contribution in [3.05, 3.63) is 53.0 Å². The first kappa shape index (κ1) is 16.7. The molecule has 26 heavy (non-hydrogen) atoms. The van der Waals surface area contributed by atoms with Crippen LogP contribution >= 0.6 is 11.3 Å². The Morgan fingerprint density at radius 3 is 2.85 bits per heavy atom. The summed E-state index contributed by atoms with van der Waals surface area (Å²) in [5.41, 5.74) is 0. The Bertz CT molecular complexity index is 903. The summed E-state index contributed by atoms with van der Waals surface area (Å²) in [5, 5.41) is 6.89. The third-order valence-corrected chi connectivity index (χ3v) is 4.99. The summed E-state index contributed by atoms with van der Waals surface area (Å²) >= 11 is 1.51. The standard InChI is InChI=1S/C18H16FN3O3S/c19-12-3-5-13(6-4-12)24-10-16-21-17(22-25-16)15-8-7-14(26-15)9-20-18(23)11-1-2-11/h3-8,11H,1-2,9-10H2,(H,20,23). The highest BCUT2D eigenvalue weighted by Gasteiger charge is 2.29. The van der Waals surface area contributed by atoms with Gasteiger partial charge in [0.15, 0.2) is 6.61 Å². The normalized spacial score (nSPS) is 13.6. The number of amides is 1. The Labute approximate surface area is 153 Å². The third kappa shape index (κ3) is 4.08. The molecule has 6 nitrogen and oxygen atoms in total. The summed E-state index contributed by atoms with van der Waals surface area (Å²) in [6.45, 7) is 0.618. The zero-order chi connectivity index (χ0) is 17.9. The first-order valence-electron chi connectivity index (χ1n) is 8.25. The van der Waals surface area contributed by atoms with Crippen LogP contribution in [-0.4, -0.2) is 16.0 Å². The number of nitrogens with zero attached hydrogens (tertiary/aromatic N) is 2. The number of hydrogen-bond donors (Lipinski definition) is 1. The molecule has 1 aliphatic rings. The minimum atomic E-state index is -0.320. The van der Waals surface area contributed by atoms with Crippen molar-refractivity contribution in [2.75, 3.05) is 0 Å². The summed E-state index contributed by atoms with van der Waals surface area (Å²) in [6, 6.07) is 9.56. The molecule has 0 aliphatic heterocycles. The molecule has 4 rings (SSSR count). The van der Waals surface area contributed by atoms with E-state index >= 15 is 0 Å². The fourth-order valence-corrected chi connectivity index (χ4v) is 3.22. The molecule has 0 spiro atoms. The Kier molecular flexibility index (Phi) is 4.66. The Morgan fingerprint density at radius 2 is 2.08 bits per heavy atom. The van der Waals surface area contributed by atoms with Crippen LogP contribution in [0.5, 0.6) is 5.75 Å². The predicted octanol–water partition coefficient (Wildman–Crippen LogP) is 3.54. The topological polar surface area (TPSA) is 77.2 Å². The first-order valence-corrected chi connectivity index (χ1v) is 9.07. The van der Waals surface area contributed by atoms with Gasteiger partial charge in [-0.05, 0) is 49.2 Å². The summed E-state index contributed by atoms with van der Waals surface area (Å²) < 4.78 is 23.5. The van der Waals surface area contributed by atoms with Crippen LogP contribution in [0.2, 0.25) is 0 Å². The lowest BCUT2D eigenvalue weighted by Gasteiger charge is -2.01. The molecule has 1 N–H and O–H groups in total. The largest absolute Gasteiger partial charge is 0.484 e. The second-order valence-electron chi connectivity index (χ2n) is 6.01. The van der Waals surface area contributed by atoms with E-state index in [2.05, 4.69) is 15.5 Å². The molecule has 1 aromatic carbocycles. The van der Waals surface area contributed by atoms with Gasteiger partial charge in [-0.25, -0.2) is 4.39 Å². The fraction of sp³-hybridized carbons (Fsp3) is 0.278. The molecule has 0 radical (unpaired) electrons. The molecular weight excluding hydrogens is 357 g/mol. The lowest BCUT2D eigenvalue weighted by molar-refractivity contribution is -0.122. The van der Waals surface area contributed by atoms with Crippen molar-refractivity contribution in [2.45, 2.75) is 26.0 Å². The second kappa shape index (κ2) is 7.25. The quantitative estimate of drug-likeness (QED) is 0.685. The van der Waals surface area contributed by atoms with E-state index < -0.39 is 0 Å². The predicted molar refractivity (Wildman–Crippen MR) is 92.9 cm³/mol. The summed E-state index contributed by atoms with van der Waals surface area (Å²) in [5.74, 6) is 1.35. The van der Waals surface area contributed by atoms with E-state index in [9.17, 15) is 9.18 Å². The molecule has 1 aliphatic carbocycles. The summed E-state index contributed by atoms with van der Waals surface area (Å²) in [4.78, 5) is 17.9. The number of nitrogens with one attached hydrogen (secondary N) is 1. The molecule has 1 amide bonds. The molecule has 1 saturated carbocycles. The highest BCUT2D eigenvalue weighted by Crippen LogP contribution is 2.30. The Morgan fingerprint density at radius 1 is 1.27 bits per heavy atom. The summed E-state index contributed by atoms with van der Waals surface area (Å²) in [6.07, 6.45) is 1.99. The average Bonchev–Trinajstić information content (AvgIpc) is 3.21. The van der Waals surface area contributed by atoms with Gasteiger partial charge >= 0.3 is 0 Å². The van der Waals surface area contributed by atoms with Gasteiger partial charge in [-0.1, -0.05) is 5.16 Å². The molecule has 0 atom stereocenters. The van der Waals surface area contributed by atoms with Crippen molar-refractivity contribution in [1.29, 1.82) is 0 Å². The van der Waals surface area contributed by atoms with E-state index in [1.807, 2.05) is 12.1 Å². The number of thiophene rings is 1. The molecule has 0 bridgehead atoms. The van der Waals surface area contributed by atoms with Crippen LogP contribution in [0.1, 0.15) is 23.6 Å². The van der Waals surface area contributed by atoms with Gasteiger partial charge in [-0.3, -0.25) is 4.79 Å². The van der Waals surface area contributed by atoms with Crippen molar-refractivity contribution in [3.8, 4) is 16.5 Å². The zero-order valence-corrected chi connectivity index (χ0v) is 14.6. The van der Waals surface area contributed by atoms with Gasteiger partial charge in [0.2, 0.25) is 11.7 Å². The van der Waals surface area contributed by atoms with Gasteiger partial charge in [0.25, 0.3) is 5.89 Å². The number of carbonyl (C=O) groups is 1. The molecule has 1 fully saturated rings. The lowest BCUT2D eigenvalue weighted by Crippen LogP contribution is -2.23. The third-order valence-electron chi connectivity index (χ3n) is 3.91. The van der Waals surface area contributed by atoms with E-state index in [1.54, 1.807) is 0 Å². The van der Waals surface area contributed by atoms with Crippen molar-refractivity contribution < 1.29 is 18.4 Å². The number of carbonyl (C=O) groups excluding carboxylic acids is 1. The van der Waals surface area contributed by atoms with E-state index in [1.165, 1.54) is 35.6 Å². The fourth-order valence-electron chi connectivity index (χ4n) is 2.35. The van der Waals surface area contributed by atoms with E-state index in [-0.39, 0.29) is 24.2 Å². The lowest BCUT2D eigenvalue weighted by atomic mass is 10.3. The maximum absolute atomic E-state index is 12.9. The zero-order valence-electron chi connectivity index (χ0n) is 13.8. The highest BCUT2D eigenvalue weighted by molar-refractivity contribution is 7.15. The van der Waals surface area contributed by atoms with Crippen LogP contribution in [0.4, 0.5) is 4.39 Å². The van der Waals surface area contributed by atoms with E-state index in [4.69, 9.17) is 9.26 Å². The number of hydrogen-bond acceptors (Lipinski definition) is 6. The van der Waals surface area contributed by atoms with Crippen LogP contribution < -0.4 is 10.1 Å². The van der Waals surface area contributed by atoms with Crippen LogP contribution in [0, 0.1) is 11.7 Å². The maximum atomic E-state index is 12.9. The number of benzene rings is 1. The number of rotatable bonds is 7. The van der Waals surface area contributed by atoms with Gasteiger partial charge in [-0.15, -0.1) is 11.3 Å². The van der Waals surface area contributed by atoms with Gasteiger partial charge in [0, 0.05) is 10.8 Å². The smallest absolute Gasteiger partial charge is 0.264 e. The second-order valence-corrected chi connectivity index (χ2v) is 7.18. The number of aromatic nitrogens is 2. The highest BCUT2D eigenvalue weighted by atomic mass is 32.1. The van der Waals surface area contributed by atoms with Crippen molar-refractivity contribution in [2.24, 2.45) is 5.92 Å². The Hall–Kier alpha value is -2.74. The molecule has 8 heteroatoms. The maximum Gasteiger partial charge on any atom is 0.264 e. The van der Waals surface area contributed by atoms with Crippen molar-refractivity contribution in [1.82, 2.24) is 15.5 Å². The molecular formula is C18H16FN3O3S. The minimum absolute atomic E-state index is 0.105. The molecule has 0 unspecified atom stereocenters. The number of halogens is 1. The van der Waals surface area contributed by atoms with Crippen LogP contribution in [0.25, 0.3) is 10.7 Å². The van der Waals surface area contributed by atoms with Gasteiger partial charge < -0.3 is 14.6 Å². The SMILES string of the molecule is O=C(NCc1ccc(-c2noc(COc3ccc(F)cc3)n2)s1)C1CC1. The van der Waals surface area contributed by atoms with Gasteiger partial charge in [0.05, 0.1) is 11.4 Å². The minimum Gasteiger partial charge on any atom is -0.484 e. The van der Waals surface area contributed by atoms with Crippen LogP contribution in [0.15, 0.2) is 40.9 Å². The molecule has 3 aromatic rings. The summed E-state index contributed by atoms with van der Waals surface area (Å²) in [7, 11) is 0. The van der Waals surface area contributed by atoms with E-state index in [0.29, 0.717) is 24.0 Å². The van der Waals surface area contributed by atoms with Gasteiger partial charge in [0.1, 0.15) is 11.6 Å². The van der Waals surface area contributed by atoms with Crippen molar-refractivity contribution in [3.63, 3.8) is 0 Å². The van der Waals surface area contributed by atoms with Crippen LogP contribution in [0.3, 0.4) is 0 Å². The average molecular weight is 373 g/mol. The van der Waals surface area contributed by atoms with Crippen molar-refractivity contribution >= 4 is 17.2 Å². The molecule has 2 aromatic heterocycles. The Balaban J connectivity index is 1.33. The monoisotopic (exact) mass is 373 g/mol. The van der Waals surface area contributed by atoms with Gasteiger partial charge in [-0.2, -0.15) is 4.98 Å². The molecule has 2 heterocycles. The van der Waals surface area contributed by atoms with Crippen LogP contribution in [-0.2, 0) is 17.9 Å². The number of ether oxygens (including phenoxy) is 1. The van der Waals surface area contributed by atoms with E-state index in [0.717, 1.165) is 22.6 Å².